The summed E-state index contributed by atoms with van der Waals surface area (Å²) in [5, 5.41) is 8.08. The minimum Gasteiger partial charge on any atom is -0.296 e. The maximum atomic E-state index is 8.08. The van der Waals surface area contributed by atoms with Crippen LogP contribution in [0.1, 0.15) is 6.92 Å². The molecule has 0 aliphatic rings. The number of hydrogen-bond acceptors (Lipinski definition) is 3. The van der Waals surface area contributed by atoms with Crippen molar-refractivity contribution in [1.82, 2.24) is 5.48 Å². The predicted molar refractivity (Wildman–Crippen MR) is 33.1 cm³/mol. The van der Waals surface area contributed by atoms with E-state index in [9.17, 15) is 0 Å². The minimum atomic E-state index is 0.884. The molecule has 0 aliphatic carbocycles. The topological polar surface area (TPSA) is 44.6 Å². The predicted octanol–water partition coefficient (Wildman–Crippen LogP) is 0.570. The summed E-state index contributed by atoms with van der Waals surface area (Å²) in [4.78, 5) is 3.71. The molecule has 0 saturated heterocycles. The second-order valence-corrected chi connectivity index (χ2v) is 1.40. The number of hydrogen-bond donors (Lipinski definition) is 2. The first-order valence-electron chi connectivity index (χ1n) is 2.30. The highest BCUT2D eigenvalue weighted by molar-refractivity contribution is 5.77. The van der Waals surface area contributed by atoms with Crippen molar-refractivity contribution in [3.05, 3.63) is 11.8 Å². The van der Waals surface area contributed by atoms with Crippen LogP contribution in [0.25, 0.3) is 0 Å². The molecule has 0 heterocycles. The summed E-state index contributed by atoms with van der Waals surface area (Å²) < 4.78 is 0. The normalized spacial score (nSPS) is 12.6. The average molecular weight is 114 g/mol. The van der Waals surface area contributed by atoms with Crippen molar-refractivity contribution in [3.8, 4) is 0 Å². The van der Waals surface area contributed by atoms with Gasteiger partial charge >= 0.3 is 0 Å². The van der Waals surface area contributed by atoms with Crippen LogP contribution in [0.3, 0.4) is 0 Å². The minimum absolute atomic E-state index is 0.884. The molecule has 0 spiro atoms. The van der Waals surface area contributed by atoms with Gasteiger partial charge in [-0.1, -0.05) is 0 Å². The van der Waals surface area contributed by atoms with Crippen LogP contribution in [-0.4, -0.2) is 18.5 Å². The maximum absolute atomic E-state index is 8.08. The van der Waals surface area contributed by atoms with Crippen LogP contribution in [-0.2, 0) is 0 Å². The quantitative estimate of drug-likeness (QED) is 0.407. The van der Waals surface area contributed by atoms with Crippen LogP contribution >= 0.6 is 0 Å². The van der Waals surface area contributed by atoms with Crippen molar-refractivity contribution in [3.63, 3.8) is 0 Å². The van der Waals surface area contributed by atoms with Crippen LogP contribution in [0.15, 0.2) is 16.8 Å². The summed E-state index contributed by atoms with van der Waals surface area (Å²) in [6, 6.07) is 0. The van der Waals surface area contributed by atoms with E-state index >= 15 is 0 Å². The molecule has 0 rings (SSSR count). The van der Waals surface area contributed by atoms with Gasteiger partial charge in [0.15, 0.2) is 0 Å². The van der Waals surface area contributed by atoms with Gasteiger partial charge < -0.3 is 0 Å². The van der Waals surface area contributed by atoms with E-state index in [1.54, 1.807) is 13.3 Å². The largest absolute Gasteiger partial charge is 0.296 e. The lowest BCUT2D eigenvalue weighted by Crippen LogP contribution is -1.95. The Bertz CT molecular complexity index is 107. The van der Waals surface area contributed by atoms with E-state index in [0.717, 1.165) is 5.57 Å². The smallest absolute Gasteiger partial charge is 0.0284 e. The number of nitrogens with one attached hydrogen (secondary N) is 1. The first-order chi connectivity index (χ1) is 3.81. The molecular weight excluding hydrogens is 104 g/mol. The van der Waals surface area contributed by atoms with Gasteiger partial charge in [-0.15, -0.1) is 0 Å². The number of allylic oxidation sites excluding steroid dienone is 1. The van der Waals surface area contributed by atoms with Crippen LogP contribution in [0.5, 0.6) is 0 Å². The molecule has 0 amide bonds. The molecule has 8 heavy (non-hydrogen) atoms. The molecule has 0 aromatic heterocycles. The van der Waals surface area contributed by atoms with E-state index in [0.29, 0.717) is 0 Å². The highest BCUT2D eigenvalue weighted by Gasteiger charge is 1.75. The summed E-state index contributed by atoms with van der Waals surface area (Å²) in [6.45, 7) is 1.83. The van der Waals surface area contributed by atoms with Crippen LogP contribution in [0, 0.1) is 0 Å². The van der Waals surface area contributed by atoms with Gasteiger partial charge in [0.2, 0.25) is 0 Å². The molecule has 0 radical (unpaired) electrons. The summed E-state index contributed by atoms with van der Waals surface area (Å²) in [7, 11) is 1.68. The van der Waals surface area contributed by atoms with Crippen LogP contribution in [0.2, 0.25) is 0 Å². The lowest BCUT2D eigenvalue weighted by molar-refractivity contribution is 0.214. The van der Waals surface area contributed by atoms with E-state index in [4.69, 9.17) is 5.21 Å². The molecule has 0 fully saturated rings. The number of hydroxylamine groups is 1. The van der Waals surface area contributed by atoms with Crippen LogP contribution < -0.4 is 5.48 Å². The van der Waals surface area contributed by atoms with Gasteiger partial charge in [0.05, 0.1) is 0 Å². The first kappa shape index (κ1) is 7.17. The van der Waals surface area contributed by atoms with Gasteiger partial charge in [-0.25, -0.2) is 0 Å². The van der Waals surface area contributed by atoms with Gasteiger partial charge in [-0.05, 0) is 12.5 Å². The Kier molecular flexibility index (Phi) is 3.88. The van der Waals surface area contributed by atoms with Gasteiger partial charge in [-0.2, -0.15) is 0 Å². The lowest BCUT2D eigenvalue weighted by Gasteiger charge is -1.86. The molecule has 46 valence electrons. The third-order valence-electron chi connectivity index (χ3n) is 0.625. The monoisotopic (exact) mass is 114 g/mol. The number of rotatable bonds is 2. The molecule has 0 aromatic carbocycles. The van der Waals surface area contributed by atoms with Crippen molar-refractivity contribution >= 4 is 6.21 Å². The van der Waals surface area contributed by atoms with Crippen molar-refractivity contribution in [2.24, 2.45) is 4.99 Å². The Morgan fingerprint density at radius 2 is 2.38 bits per heavy atom. The molecule has 3 nitrogen and oxygen atoms in total. The number of aliphatic imine (C=N–C) groups is 1. The summed E-state index contributed by atoms with van der Waals surface area (Å²) in [5.74, 6) is 0. The second kappa shape index (κ2) is 4.33. The molecule has 0 saturated carbocycles. The van der Waals surface area contributed by atoms with Crippen molar-refractivity contribution in [2.75, 3.05) is 7.05 Å². The second-order valence-electron chi connectivity index (χ2n) is 1.40. The Hall–Kier alpha value is -0.830. The molecule has 0 aromatic rings. The fourth-order valence-electron chi connectivity index (χ4n) is 0.343. The molecule has 0 aliphatic heterocycles. The van der Waals surface area contributed by atoms with E-state index < -0.39 is 0 Å². The fraction of sp³-hybridized carbons (Fsp3) is 0.400. The Labute approximate surface area is 48.7 Å². The summed E-state index contributed by atoms with van der Waals surface area (Å²) in [6.07, 6.45) is 3.09. The number of nitrogens with zero attached hydrogens (tertiary/aromatic N) is 1. The van der Waals surface area contributed by atoms with E-state index in [1.165, 1.54) is 6.20 Å². The van der Waals surface area contributed by atoms with E-state index in [2.05, 4.69) is 4.99 Å². The summed E-state index contributed by atoms with van der Waals surface area (Å²) >= 11 is 0. The average Bonchev–Trinajstić information content (AvgIpc) is 1.68. The highest BCUT2D eigenvalue weighted by atomic mass is 16.5. The van der Waals surface area contributed by atoms with E-state index in [-0.39, 0.29) is 0 Å². The van der Waals surface area contributed by atoms with Gasteiger partial charge in [0.1, 0.15) is 0 Å². The van der Waals surface area contributed by atoms with Crippen LogP contribution in [0.4, 0.5) is 0 Å². The highest BCUT2D eigenvalue weighted by Crippen LogP contribution is 1.81. The Morgan fingerprint density at radius 3 is 2.75 bits per heavy atom. The zero-order chi connectivity index (χ0) is 6.41. The molecule has 3 heteroatoms. The third kappa shape index (κ3) is 3.36. The maximum Gasteiger partial charge on any atom is 0.0284 e. The fourth-order valence-corrected chi connectivity index (χ4v) is 0.343. The molecule has 0 atom stereocenters. The van der Waals surface area contributed by atoms with Crippen molar-refractivity contribution < 1.29 is 5.21 Å². The SMILES string of the molecule is C/N=C\C(C)=C/NO. The Morgan fingerprint density at radius 1 is 1.75 bits per heavy atom. The van der Waals surface area contributed by atoms with Crippen molar-refractivity contribution in [1.29, 1.82) is 0 Å². The lowest BCUT2D eigenvalue weighted by atomic mass is 10.4. The molecular formula is C5H10N2O. The zero-order valence-corrected chi connectivity index (χ0v) is 5.05. The van der Waals surface area contributed by atoms with Gasteiger partial charge in [-0.3, -0.25) is 15.7 Å². The molecule has 0 unspecified atom stereocenters. The summed E-state index contributed by atoms with van der Waals surface area (Å²) in [5.41, 5.74) is 2.78. The molecule has 0 bridgehead atoms. The first-order valence-corrected chi connectivity index (χ1v) is 2.30. The standard InChI is InChI=1S/C5H10N2O/c1-5(3-6-2)4-7-8/h3-4,7-8H,1-2H3/b5-4-,6-3-. The Balaban J connectivity index is 3.61. The van der Waals surface area contributed by atoms with Crippen molar-refractivity contribution in [2.45, 2.75) is 6.92 Å². The van der Waals surface area contributed by atoms with Gasteiger partial charge in [0.25, 0.3) is 0 Å². The zero-order valence-electron chi connectivity index (χ0n) is 5.05. The van der Waals surface area contributed by atoms with E-state index in [1.807, 2.05) is 12.4 Å². The van der Waals surface area contributed by atoms with Gasteiger partial charge in [0, 0.05) is 19.5 Å². The molecule has 2 N–H and O–H groups in total. The third-order valence-corrected chi connectivity index (χ3v) is 0.625.